The molecule has 0 saturated carbocycles. The van der Waals surface area contributed by atoms with Gasteiger partial charge in [0.2, 0.25) is 11.8 Å². The number of nitrogens with zero attached hydrogens (tertiary/aromatic N) is 4. The van der Waals surface area contributed by atoms with Crippen molar-refractivity contribution in [3.63, 3.8) is 0 Å². The van der Waals surface area contributed by atoms with Gasteiger partial charge in [-0.1, -0.05) is 52.0 Å². The van der Waals surface area contributed by atoms with Gasteiger partial charge < -0.3 is 39.9 Å². The molecular formula is C44H56N8O6. The normalized spacial score (nSPS) is 18.9. The fourth-order valence-electron chi connectivity index (χ4n) is 8.71. The molecule has 2 fully saturated rings. The number of aromatic amines is 2. The molecule has 58 heavy (non-hydrogen) atoms. The lowest BCUT2D eigenvalue weighted by atomic mass is 9.90. The second-order valence-corrected chi connectivity index (χ2v) is 16.4. The number of rotatable bonds is 10. The Morgan fingerprint density at radius 3 is 1.45 bits per heavy atom. The number of benzene rings is 2. The maximum absolute atomic E-state index is 13.7. The summed E-state index contributed by atoms with van der Waals surface area (Å²) in [6.45, 7) is 8.85. The van der Waals surface area contributed by atoms with Crippen LogP contribution in [0.3, 0.4) is 0 Å². The number of ether oxygens (including phenoxy) is 2. The Morgan fingerprint density at radius 1 is 0.655 bits per heavy atom. The molecular weight excluding hydrogens is 737 g/mol. The minimum absolute atomic E-state index is 0.108. The smallest absolute Gasteiger partial charge is 0.407 e. The van der Waals surface area contributed by atoms with Crippen LogP contribution in [0.25, 0.3) is 22.5 Å². The first-order valence-electron chi connectivity index (χ1n) is 20.6. The molecule has 4 aromatic rings. The second kappa shape index (κ2) is 17.5. The van der Waals surface area contributed by atoms with Crippen LogP contribution in [0.4, 0.5) is 9.59 Å². The molecule has 14 nitrogen and oxygen atoms in total. The van der Waals surface area contributed by atoms with E-state index >= 15 is 0 Å². The molecule has 4 heterocycles. The monoisotopic (exact) mass is 792 g/mol. The molecule has 2 aliphatic heterocycles. The van der Waals surface area contributed by atoms with E-state index in [-0.39, 0.29) is 35.7 Å². The number of alkyl carbamates (subject to hydrolysis) is 2. The average molecular weight is 793 g/mol. The van der Waals surface area contributed by atoms with E-state index in [9.17, 15) is 19.2 Å². The van der Waals surface area contributed by atoms with Crippen molar-refractivity contribution in [3.05, 3.63) is 82.7 Å². The van der Waals surface area contributed by atoms with Crippen molar-refractivity contribution in [1.82, 2.24) is 40.4 Å². The average Bonchev–Trinajstić information content (AvgIpc) is 4.06. The van der Waals surface area contributed by atoms with Gasteiger partial charge in [-0.2, -0.15) is 0 Å². The van der Waals surface area contributed by atoms with Crippen molar-refractivity contribution >= 4 is 24.0 Å². The largest absolute Gasteiger partial charge is 0.453 e. The van der Waals surface area contributed by atoms with E-state index in [2.05, 4.69) is 57.0 Å². The summed E-state index contributed by atoms with van der Waals surface area (Å²) >= 11 is 0. The van der Waals surface area contributed by atoms with Crippen molar-refractivity contribution in [2.45, 2.75) is 103 Å². The Labute approximate surface area is 339 Å². The van der Waals surface area contributed by atoms with Crippen LogP contribution in [0.5, 0.6) is 0 Å². The molecule has 2 aromatic heterocycles. The summed E-state index contributed by atoms with van der Waals surface area (Å²) in [5, 5.41) is 5.45. The van der Waals surface area contributed by atoms with Crippen LogP contribution in [0.1, 0.15) is 99.4 Å². The molecule has 10 rings (SSSR count). The van der Waals surface area contributed by atoms with E-state index in [4.69, 9.17) is 19.4 Å². The highest BCUT2D eigenvalue weighted by Crippen LogP contribution is 2.36. The maximum Gasteiger partial charge on any atom is 0.407 e. The molecule has 0 spiro atoms. The van der Waals surface area contributed by atoms with Crippen LogP contribution in [0, 0.1) is 11.8 Å². The standard InChI is InChI=1S/C44H56N8O6/c1-25(2)37(49-43(55)57-5)41(53)51-19-7-9-35(51)39-45-23-33(47-39)31-21-27-11-15-29(31)17-13-28-12-16-30(18-14-27)32(22-28)34-24-46-40(48-34)36-10-8-20-52(36)42(54)38(26(3)4)50-44(56)58-6/h11-12,15-16,21-26,35-38H,7-10,13-14,17-20H2,1-6H3,(H,45,47)(H,46,48)(H,49,55)(H,50,56)/t35-,36-,37?,38?/m0/s1. The molecule has 4 amide bonds. The number of amides is 4. The van der Waals surface area contributed by atoms with Crippen LogP contribution in [-0.4, -0.2) is 93.1 Å². The highest BCUT2D eigenvalue weighted by molar-refractivity contribution is 5.87. The number of imidazole rings is 2. The van der Waals surface area contributed by atoms with E-state index in [1.165, 1.54) is 36.5 Å². The van der Waals surface area contributed by atoms with Gasteiger partial charge in [0.1, 0.15) is 23.7 Å². The lowest BCUT2D eigenvalue weighted by molar-refractivity contribution is -0.136. The molecule has 6 aliphatic rings. The number of hydrogen-bond acceptors (Lipinski definition) is 8. The molecule has 2 aromatic carbocycles. The van der Waals surface area contributed by atoms with Crippen LogP contribution in [0.2, 0.25) is 0 Å². The van der Waals surface area contributed by atoms with Crippen LogP contribution in [0.15, 0.2) is 48.8 Å². The van der Waals surface area contributed by atoms with Crippen molar-refractivity contribution in [2.75, 3.05) is 27.3 Å². The van der Waals surface area contributed by atoms with Crippen molar-refractivity contribution in [3.8, 4) is 22.5 Å². The third-order valence-corrected chi connectivity index (χ3v) is 11.9. The summed E-state index contributed by atoms with van der Waals surface area (Å²) in [4.78, 5) is 72.3. The lowest BCUT2D eigenvalue weighted by Gasteiger charge is -2.30. The molecule has 2 unspecified atom stereocenters. The molecule has 4 aliphatic carbocycles. The summed E-state index contributed by atoms with van der Waals surface area (Å²) in [7, 11) is 2.60. The number of aryl methyl sites for hydroxylation is 4. The molecule has 14 heteroatoms. The maximum atomic E-state index is 13.7. The third-order valence-electron chi connectivity index (χ3n) is 11.9. The Morgan fingerprint density at radius 2 is 1.07 bits per heavy atom. The van der Waals surface area contributed by atoms with E-state index in [0.29, 0.717) is 13.1 Å². The highest BCUT2D eigenvalue weighted by atomic mass is 16.5. The van der Waals surface area contributed by atoms with Gasteiger partial charge in [0.05, 0.1) is 37.7 Å². The zero-order valence-corrected chi connectivity index (χ0v) is 34.4. The number of H-pyrrole nitrogens is 2. The van der Waals surface area contributed by atoms with Crippen molar-refractivity contribution in [2.24, 2.45) is 11.8 Å². The molecule has 4 bridgehead atoms. The lowest BCUT2D eigenvalue weighted by Crippen LogP contribution is -2.51. The fraction of sp³-hybridized carbons (Fsp3) is 0.500. The third kappa shape index (κ3) is 8.46. The van der Waals surface area contributed by atoms with Gasteiger partial charge in [0.25, 0.3) is 0 Å². The second-order valence-electron chi connectivity index (χ2n) is 16.4. The van der Waals surface area contributed by atoms with Gasteiger partial charge >= 0.3 is 12.2 Å². The van der Waals surface area contributed by atoms with Gasteiger partial charge in [-0.15, -0.1) is 0 Å². The van der Waals surface area contributed by atoms with E-state index in [1.807, 2.05) is 49.9 Å². The predicted octanol–water partition coefficient (Wildman–Crippen LogP) is 6.44. The first-order valence-corrected chi connectivity index (χ1v) is 20.6. The van der Waals surface area contributed by atoms with Gasteiger partial charge in [-0.3, -0.25) is 9.59 Å². The molecule has 308 valence electrons. The Kier molecular flexibility index (Phi) is 12.2. The fourth-order valence-corrected chi connectivity index (χ4v) is 8.71. The molecule has 2 saturated heterocycles. The number of hydrogen-bond donors (Lipinski definition) is 4. The van der Waals surface area contributed by atoms with Crippen molar-refractivity contribution < 1.29 is 28.7 Å². The quantitative estimate of drug-likeness (QED) is 0.142. The minimum Gasteiger partial charge on any atom is -0.453 e. The predicted molar refractivity (Wildman–Crippen MR) is 219 cm³/mol. The first kappa shape index (κ1) is 40.5. The van der Waals surface area contributed by atoms with E-state index in [0.717, 1.165) is 85.5 Å². The summed E-state index contributed by atoms with van der Waals surface area (Å²) in [5.74, 6) is 1.02. The summed E-state index contributed by atoms with van der Waals surface area (Å²) in [6.07, 6.45) is 9.19. The highest BCUT2D eigenvalue weighted by Gasteiger charge is 2.39. The number of carbonyl (C=O) groups excluding carboxylic acids is 4. The Balaban J connectivity index is 1.09. The number of likely N-dealkylation sites (tertiary alicyclic amines) is 2. The van der Waals surface area contributed by atoms with Gasteiger partial charge in [-0.05, 0) is 97.6 Å². The molecule has 4 N–H and O–H groups in total. The number of aromatic nitrogens is 4. The number of carbonyl (C=O) groups is 4. The topological polar surface area (TPSA) is 175 Å². The Bertz CT molecular complexity index is 1990. The summed E-state index contributed by atoms with van der Waals surface area (Å²) < 4.78 is 9.60. The minimum atomic E-state index is -0.692. The van der Waals surface area contributed by atoms with Crippen LogP contribution < -0.4 is 10.6 Å². The number of nitrogens with one attached hydrogen (secondary N) is 4. The SMILES string of the molecule is COC(=O)NC(C(=O)N1CCC[C@H]1c1nc(-c2cc3ccc2CCc2ccc(c(-c4c[nH]c([C@@H]5CCCN5C(=O)C(NC(=O)OC)C(C)C)n4)c2)CC3)c[nH]1)C(C)C. The Hall–Kier alpha value is -5.66. The van der Waals surface area contributed by atoms with Gasteiger partial charge in [-0.25, -0.2) is 19.6 Å². The summed E-state index contributed by atoms with van der Waals surface area (Å²) in [5.41, 5.74) is 8.69. The summed E-state index contributed by atoms with van der Waals surface area (Å²) in [6, 6.07) is 11.6. The van der Waals surface area contributed by atoms with Gasteiger partial charge in [0.15, 0.2) is 0 Å². The van der Waals surface area contributed by atoms with E-state index < -0.39 is 24.3 Å². The molecule has 0 radical (unpaired) electrons. The van der Waals surface area contributed by atoms with Crippen LogP contribution in [-0.2, 0) is 44.7 Å². The zero-order chi connectivity index (χ0) is 41.1. The number of methoxy groups -OCH3 is 2. The molecule has 4 atom stereocenters. The van der Waals surface area contributed by atoms with E-state index in [1.54, 1.807) is 0 Å². The van der Waals surface area contributed by atoms with Crippen molar-refractivity contribution in [1.29, 1.82) is 0 Å². The first-order chi connectivity index (χ1) is 27.9. The zero-order valence-electron chi connectivity index (χ0n) is 34.4. The van der Waals surface area contributed by atoms with Crippen LogP contribution >= 0.6 is 0 Å². The van der Waals surface area contributed by atoms with Gasteiger partial charge in [0, 0.05) is 36.6 Å².